The van der Waals surface area contributed by atoms with Gasteiger partial charge in [-0.15, -0.1) is 0 Å². The van der Waals surface area contributed by atoms with Crippen molar-refractivity contribution in [3.63, 3.8) is 0 Å². The van der Waals surface area contributed by atoms with Crippen LogP contribution in [0.2, 0.25) is 0 Å². The van der Waals surface area contributed by atoms with Crippen molar-refractivity contribution < 1.29 is 0 Å². The van der Waals surface area contributed by atoms with Crippen LogP contribution < -0.4 is 9.80 Å². The van der Waals surface area contributed by atoms with Crippen LogP contribution in [0.4, 0.5) is 34.1 Å². The van der Waals surface area contributed by atoms with Gasteiger partial charge < -0.3 is 9.80 Å². The second-order valence-corrected chi connectivity index (χ2v) is 11.7. The molecule has 0 N–H and O–H groups in total. The molecular weight excluding hydrogens is 556 g/mol. The second kappa shape index (κ2) is 13.0. The predicted octanol–water partition coefficient (Wildman–Crippen LogP) is 12.6. The standard InChI is InChI=1S/C44H36N2/c1-33-23-27-39(28-24-33)45(37-15-5-3-6-16-37)41-19-11-13-35(31-41)43-21-9-10-22-44(43)36-14-12-20-42(32-36)46(38-17-7-4-8-18-38)40-29-25-34(2)26-30-40/h3-32H,1-2H3. The van der Waals surface area contributed by atoms with Crippen LogP contribution in [0, 0.1) is 13.8 Å². The number of benzene rings is 7. The summed E-state index contributed by atoms with van der Waals surface area (Å²) in [5.41, 5.74) is 14.0. The normalized spacial score (nSPS) is 10.8. The van der Waals surface area contributed by atoms with E-state index >= 15 is 0 Å². The Morgan fingerprint density at radius 3 is 1.00 bits per heavy atom. The zero-order chi connectivity index (χ0) is 31.3. The van der Waals surface area contributed by atoms with Crippen LogP contribution >= 0.6 is 0 Å². The summed E-state index contributed by atoms with van der Waals surface area (Å²) in [6, 6.07) is 65.1. The van der Waals surface area contributed by atoms with E-state index in [-0.39, 0.29) is 0 Å². The number of nitrogens with zero attached hydrogens (tertiary/aromatic N) is 2. The minimum absolute atomic E-state index is 1.12. The van der Waals surface area contributed by atoms with Gasteiger partial charge in [0, 0.05) is 34.1 Å². The van der Waals surface area contributed by atoms with E-state index in [1.165, 1.54) is 33.4 Å². The Morgan fingerprint density at radius 1 is 0.283 bits per heavy atom. The summed E-state index contributed by atoms with van der Waals surface area (Å²) in [4.78, 5) is 4.65. The van der Waals surface area contributed by atoms with Gasteiger partial charge >= 0.3 is 0 Å². The average molecular weight is 593 g/mol. The Bertz CT molecular complexity index is 1900. The first kappa shape index (κ1) is 28.9. The molecule has 0 aliphatic carbocycles. The molecule has 0 amide bonds. The molecule has 222 valence electrons. The first-order chi connectivity index (χ1) is 22.6. The molecule has 7 aromatic carbocycles. The van der Waals surface area contributed by atoms with Gasteiger partial charge in [0.15, 0.2) is 0 Å². The van der Waals surface area contributed by atoms with Crippen molar-refractivity contribution in [1.82, 2.24) is 0 Å². The van der Waals surface area contributed by atoms with Crippen molar-refractivity contribution in [3.8, 4) is 22.3 Å². The van der Waals surface area contributed by atoms with E-state index in [2.05, 4.69) is 206 Å². The van der Waals surface area contributed by atoms with Gasteiger partial charge in [-0.25, -0.2) is 0 Å². The highest BCUT2D eigenvalue weighted by Gasteiger charge is 2.16. The maximum Gasteiger partial charge on any atom is 0.0467 e. The third-order valence-electron chi connectivity index (χ3n) is 8.37. The van der Waals surface area contributed by atoms with Crippen molar-refractivity contribution in [2.75, 3.05) is 9.80 Å². The Kier molecular flexibility index (Phi) is 8.17. The SMILES string of the molecule is Cc1ccc(N(c2ccccc2)c2cccc(-c3ccccc3-c3cccc(N(c4ccccc4)c4ccc(C)cc4)c3)c2)cc1. The van der Waals surface area contributed by atoms with Crippen LogP contribution in [0.5, 0.6) is 0 Å². The van der Waals surface area contributed by atoms with E-state index in [1.807, 2.05) is 0 Å². The van der Waals surface area contributed by atoms with Gasteiger partial charge in [-0.1, -0.05) is 120 Å². The van der Waals surface area contributed by atoms with Crippen molar-refractivity contribution in [2.45, 2.75) is 13.8 Å². The number of anilines is 6. The van der Waals surface area contributed by atoms with Crippen LogP contribution in [0.1, 0.15) is 11.1 Å². The molecule has 0 unspecified atom stereocenters. The summed E-state index contributed by atoms with van der Waals surface area (Å²) in [7, 11) is 0. The summed E-state index contributed by atoms with van der Waals surface area (Å²) in [5.74, 6) is 0. The van der Waals surface area contributed by atoms with Crippen molar-refractivity contribution >= 4 is 34.1 Å². The first-order valence-electron chi connectivity index (χ1n) is 15.8. The molecule has 0 heterocycles. The van der Waals surface area contributed by atoms with Crippen LogP contribution in [0.3, 0.4) is 0 Å². The Morgan fingerprint density at radius 2 is 0.609 bits per heavy atom. The van der Waals surface area contributed by atoms with E-state index < -0.39 is 0 Å². The molecule has 0 spiro atoms. The smallest absolute Gasteiger partial charge is 0.0467 e. The molecule has 0 bridgehead atoms. The maximum absolute atomic E-state index is 2.32. The Hall–Kier alpha value is -5.86. The number of rotatable bonds is 8. The quantitative estimate of drug-likeness (QED) is 0.173. The zero-order valence-corrected chi connectivity index (χ0v) is 26.2. The summed E-state index contributed by atoms with van der Waals surface area (Å²) >= 11 is 0. The molecule has 0 saturated heterocycles. The fourth-order valence-corrected chi connectivity index (χ4v) is 6.05. The molecule has 2 nitrogen and oxygen atoms in total. The summed E-state index contributed by atoms with van der Waals surface area (Å²) in [5, 5.41) is 0. The molecule has 0 aromatic heterocycles. The van der Waals surface area contributed by atoms with Crippen LogP contribution in [-0.2, 0) is 0 Å². The van der Waals surface area contributed by atoms with E-state index in [4.69, 9.17) is 0 Å². The first-order valence-corrected chi connectivity index (χ1v) is 15.8. The highest BCUT2D eigenvalue weighted by molar-refractivity contribution is 5.88. The van der Waals surface area contributed by atoms with E-state index in [0.29, 0.717) is 0 Å². The van der Waals surface area contributed by atoms with Gasteiger partial charge in [0.1, 0.15) is 0 Å². The lowest BCUT2D eigenvalue weighted by atomic mass is 9.93. The Labute approximate surface area is 272 Å². The molecule has 2 heteroatoms. The van der Waals surface area contributed by atoms with Crippen LogP contribution in [0.25, 0.3) is 22.3 Å². The van der Waals surface area contributed by atoms with E-state index in [1.54, 1.807) is 0 Å². The maximum atomic E-state index is 2.32. The van der Waals surface area contributed by atoms with E-state index in [0.717, 1.165) is 34.1 Å². The fourth-order valence-electron chi connectivity index (χ4n) is 6.05. The Balaban J connectivity index is 1.32. The number of hydrogen-bond acceptors (Lipinski definition) is 2. The summed E-state index contributed by atoms with van der Waals surface area (Å²) < 4.78 is 0. The number of hydrogen-bond donors (Lipinski definition) is 0. The molecule has 0 fully saturated rings. The number of aryl methyl sites for hydroxylation is 2. The third kappa shape index (κ3) is 6.06. The zero-order valence-electron chi connectivity index (χ0n) is 26.2. The molecular formula is C44H36N2. The molecule has 0 aliphatic rings. The minimum atomic E-state index is 1.12. The molecule has 0 aliphatic heterocycles. The van der Waals surface area contributed by atoms with Gasteiger partial charge in [-0.2, -0.15) is 0 Å². The fraction of sp³-hybridized carbons (Fsp3) is 0.0455. The molecule has 7 aromatic rings. The van der Waals surface area contributed by atoms with Gasteiger partial charge in [-0.05, 0) is 109 Å². The highest BCUT2D eigenvalue weighted by Crippen LogP contribution is 2.41. The van der Waals surface area contributed by atoms with Gasteiger partial charge in [0.25, 0.3) is 0 Å². The lowest BCUT2D eigenvalue weighted by molar-refractivity contribution is 1.27. The third-order valence-corrected chi connectivity index (χ3v) is 8.37. The van der Waals surface area contributed by atoms with Crippen molar-refractivity contribution in [1.29, 1.82) is 0 Å². The summed E-state index contributed by atoms with van der Waals surface area (Å²) in [6.45, 7) is 4.26. The minimum Gasteiger partial charge on any atom is -0.310 e. The summed E-state index contributed by atoms with van der Waals surface area (Å²) in [6.07, 6.45) is 0. The molecule has 0 radical (unpaired) electrons. The number of para-hydroxylation sites is 2. The van der Waals surface area contributed by atoms with Gasteiger partial charge in [0.2, 0.25) is 0 Å². The van der Waals surface area contributed by atoms with E-state index in [9.17, 15) is 0 Å². The van der Waals surface area contributed by atoms with Crippen LogP contribution in [-0.4, -0.2) is 0 Å². The van der Waals surface area contributed by atoms with Crippen molar-refractivity contribution in [3.05, 3.63) is 193 Å². The topological polar surface area (TPSA) is 6.48 Å². The highest BCUT2D eigenvalue weighted by atomic mass is 15.1. The monoisotopic (exact) mass is 592 g/mol. The van der Waals surface area contributed by atoms with Gasteiger partial charge in [0.05, 0.1) is 0 Å². The second-order valence-electron chi connectivity index (χ2n) is 11.7. The lowest BCUT2D eigenvalue weighted by Gasteiger charge is -2.27. The molecule has 0 saturated carbocycles. The largest absolute Gasteiger partial charge is 0.310 e. The van der Waals surface area contributed by atoms with Crippen molar-refractivity contribution in [2.24, 2.45) is 0 Å². The molecule has 46 heavy (non-hydrogen) atoms. The van der Waals surface area contributed by atoms with Gasteiger partial charge in [-0.3, -0.25) is 0 Å². The molecule has 0 atom stereocenters. The molecule has 7 rings (SSSR count). The predicted molar refractivity (Wildman–Crippen MR) is 196 cm³/mol. The average Bonchev–Trinajstić information content (AvgIpc) is 3.11. The lowest BCUT2D eigenvalue weighted by Crippen LogP contribution is -2.10. The van der Waals surface area contributed by atoms with Crippen LogP contribution in [0.15, 0.2) is 182 Å².